The molecule has 0 aliphatic carbocycles. The van der Waals surface area contributed by atoms with Gasteiger partial charge in [0.05, 0.1) is 6.10 Å². The zero-order valence-corrected chi connectivity index (χ0v) is 11.4. The van der Waals surface area contributed by atoms with Crippen LogP contribution in [-0.2, 0) is 0 Å². The molecule has 1 N–H and O–H groups in total. The third-order valence-electron chi connectivity index (χ3n) is 3.12. The summed E-state index contributed by atoms with van der Waals surface area (Å²) in [6.07, 6.45) is 7.75. The van der Waals surface area contributed by atoms with Gasteiger partial charge in [0.25, 0.3) is 0 Å². The molecule has 100 valence electrons. The summed E-state index contributed by atoms with van der Waals surface area (Å²) in [6, 6.07) is 20.4. The molecule has 0 bridgehead atoms. The Balaban J connectivity index is 2.31. The number of hydrogen-bond donors (Lipinski definition) is 1. The van der Waals surface area contributed by atoms with Crippen molar-refractivity contribution in [1.82, 2.24) is 0 Å². The van der Waals surface area contributed by atoms with Gasteiger partial charge >= 0.3 is 0 Å². The molecule has 0 aliphatic rings. The Kier molecular flexibility index (Phi) is 5.17. The molecular formula is C19H18O. The van der Waals surface area contributed by atoms with Gasteiger partial charge in [-0.15, -0.1) is 12.3 Å². The van der Waals surface area contributed by atoms with E-state index in [-0.39, 0.29) is 0 Å². The molecule has 0 aliphatic heterocycles. The van der Waals surface area contributed by atoms with Gasteiger partial charge < -0.3 is 5.11 Å². The molecule has 2 aromatic rings. The number of aliphatic hydroxyl groups excluding tert-OH is 1. The second-order valence-corrected chi connectivity index (χ2v) is 4.65. The standard InChI is InChI=1S/C19H18O/c1-2-9-18(20)14-15-19(16-10-5-3-6-11-16)17-12-7-4-8-13-17/h1,3-8,10-13,15,18,20H,9,14H2. The Morgan fingerprint density at radius 3 is 1.95 bits per heavy atom. The van der Waals surface area contributed by atoms with Crippen molar-refractivity contribution in [3.05, 3.63) is 77.9 Å². The summed E-state index contributed by atoms with van der Waals surface area (Å²) in [5.74, 6) is 2.49. The van der Waals surface area contributed by atoms with E-state index in [4.69, 9.17) is 6.42 Å². The fourth-order valence-corrected chi connectivity index (χ4v) is 2.11. The molecule has 0 amide bonds. The highest BCUT2D eigenvalue weighted by molar-refractivity contribution is 5.79. The van der Waals surface area contributed by atoms with Gasteiger partial charge in [-0.25, -0.2) is 0 Å². The van der Waals surface area contributed by atoms with Crippen molar-refractivity contribution >= 4 is 5.57 Å². The smallest absolute Gasteiger partial charge is 0.0683 e. The summed E-state index contributed by atoms with van der Waals surface area (Å²) in [6.45, 7) is 0. The monoisotopic (exact) mass is 262 g/mol. The zero-order chi connectivity index (χ0) is 14.2. The van der Waals surface area contributed by atoms with Gasteiger partial charge in [0.1, 0.15) is 0 Å². The van der Waals surface area contributed by atoms with Crippen LogP contribution < -0.4 is 0 Å². The molecule has 1 unspecified atom stereocenters. The molecule has 0 saturated carbocycles. The molecule has 20 heavy (non-hydrogen) atoms. The maximum Gasteiger partial charge on any atom is 0.0683 e. The van der Waals surface area contributed by atoms with E-state index < -0.39 is 6.10 Å². The molecule has 2 rings (SSSR count). The molecule has 1 atom stereocenters. The van der Waals surface area contributed by atoms with Gasteiger partial charge in [0.2, 0.25) is 0 Å². The zero-order valence-electron chi connectivity index (χ0n) is 11.4. The van der Waals surface area contributed by atoms with Crippen LogP contribution in [0.5, 0.6) is 0 Å². The van der Waals surface area contributed by atoms with Crippen LogP contribution in [0.3, 0.4) is 0 Å². The third-order valence-corrected chi connectivity index (χ3v) is 3.12. The van der Waals surface area contributed by atoms with Crippen LogP contribution in [0.25, 0.3) is 5.57 Å². The molecule has 1 heteroatoms. The highest BCUT2D eigenvalue weighted by Crippen LogP contribution is 2.24. The number of rotatable bonds is 5. The topological polar surface area (TPSA) is 20.2 Å². The number of aliphatic hydroxyl groups is 1. The lowest BCUT2D eigenvalue weighted by Gasteiger charge is -2.10. The molecule has 0 spiro atoms. The predicted octanol–water partition coefficient (Wildman–Crippen LogP) is 3.89. The van der Waals surface area contributed by atoms with Crippen molar-refractivity contribution in [2.45, 2.75) is 18.9 Å². The number of hydrogen-bond acceptors (Lipinski definition) is 1. The average molecular weight is 262 g/mol. The predicted molar refractivity (Wildman–Crippen MR) is 84.0 cm³/mol. The van der Waals surface area contributed by atoms with E-state index in [2.05, 4.69) is 36.3 Å². The van der Waals surface area contributed by atoms with Gasteiger partial charge in [-0.2, -0.15) is 0 Å². The van der Waals surface area contributed by atoms with E-state index in [0.717, 1.165) is 16.7 Å². The summed E-state index contributed by atoms with van der Waals surface area (Å²) in [5.41, 5.74) is 3.42. The SMILES string of the molecule is C#CCC(O)CC=C(c1ccccc1)c1ccccc1. The Hall–Kier alpha value is -2.30. The Labute approximate surface area is 120 Å². The Bertz CT molecular complexity index is 549. The van der Waals surface area contributed by atoms with Crippen molar-refractivity contribution in [3.8, 4) is 12.3 Å². The van der Waals surface area contributed by atoms with Crippen molar-refractivity contribution in [3.63, 3.8) is 0 Å². The maximum absolute atomic E-state index is 9.80. The van der Waals surface area contributed by atoms with Crippen LogP contribution in [0.4, 0.5) is 0 Å². The molecule has 0 fully saturated rings. The first-order valence-corrected chi connectivity index (χ1v) is 6.74. The van der Waals surface area contributed by atoms with E-state index in [1.54, 1.807) is 0 Å². The summed E-state index contributed by atoms with van der Waals surface area (Å²) < 4.78 is 0. The number of terminal acetylenes is 1. The summed E-state index contributed by atoms with van der Waals surface area (Å²) >= 11 is 0. The fraction of sp³-hybridized carbons (Fsp3) is 0.158. The van der Waals surface area contributed by atoms with Gasteiger partial charge in [-0.3, -0.25) is 0 Å². The summed E-state index contributed by atoms with van der Waals surface area (Å²) in [5, 5.41) is 9.80. The molecule has 2 aromatic carbocycles. The van der Waals surface area contributed by atoms with Crippen molar-refractivity contribution in [2.75, 3.05) is 0 Å². The van der Waals surface area contributed by atoms with Crippen LogP contribution in [0.2, 0.25) is 0 Å². The second kappa shape index (κ2) is 7.33. The fourth-order valence-electron chi connectivity index (χ4n) is 2.11. The highest BCUT2D eigenvalue weighted by Gasteiger charge is 2.06. The molecule has 0 radical (unpaired) electrons. The first kappa shape index (κ1) is 14.1. The normalized spacial score (nSPS) is 11.4. The van der Waals surface area contributed by atoms with Crippen LogP contribution in [0.1, 0.15) is 24.0 Å². The second-order valence-electron chi connectivity index (χ2n) is 4.65. The summed E-state index contributed by atoms with van der Waals surface area (Å²) in [7, 11) is 0. The largest absolute Gasteiger partial charge is 0.392 e. The number of benzene rings is 2. The average Bonchev–Trinajstić information content (AvgIpc) is 2.50. The van der Waals surface area contributed by atoms with Crippen LogP contribution in [0, 0.1) is 12.3 Å². The van der Waals surface area contributed by atoms with E-state index >= 15 is 0 Å². The van der Waals surface area contributed by atoms with Crippen LogP contribution in [0.15, 0.2) is 66.7 Å². The minimum absolute atomic E-state index is 0.382. The van der Waals surface area contributed by atoms with E-state index in [0.29, 0.717) is 12.8 Å². The lowest BCUT2D eigenvalue weighted by atomic mass is 9.96. The van der Waals surface area contributed by atoms with Gasteiger partial charge in [0.15, 0.2) is 0 Å². The molecule has 0 saturated heterocycles. The first-order valence-electron chi connectivity index (χ1n) is 6.74. The van der Waals surface area contributed by atoms with Crippen molar-refractivity contribution in [2.24, 2.45) is 0 Å². The van der Waals surface area contributed by atoms with Crippen molar-refractivity contribution in [1.29, 1.82) is 0 Å². The molecular weight excluding hydrogens is 244 g/mol. The van der Waals surface area contributed by atoms with Gasteiger partial charge in [0, 0.05) is 6.42 Å². The molecule has 0 aromatic heterocycles. The third kappa shape index (κ3) is 3.85. The van der Waals surface area contributed by atoms with Gasteiger partial charge in [-0.05, 0) is 23.1 Å². The lowest BCUT2D eigenvalue weighted by molar-refractivity contribution is 0.184. The quantitative estimate of drug-likeness (QED) is 0.810. The summed E-state index contributed by atoms with van der Waals surface area (Å²) in [4.78, 5) is 0. The highest BCUT2D eigenvalue weighted by atomic mass is 16.3. The minimum atomic E-state index is -0.484. The maximum atomic E-state index is 9.80. The molecule has 1 nitrogen and oxygen atoms in total. The Morgan fingerprint density at radius 2 is 1.50 bits per heavy atom. The van der Waals surface area contributed by atoms with Crippen LogP contribution >= 0.6 is 0 Å². The van der Waals surface area contributed by atoms with Crippen LogP contribution in [-0.4, -0.2) is 11.2 Å². The van der Waals surface area contributed by atoms with Crippen molar-refractivity contribution < 1.29 is 5.11 Å². The lowest BCUT2D eigenvalue weighted by Crippen LogP contribution is -2.03. The van der Waals surface area contributed by atoms with E-state index in [1.165, 1.54) is 0 Å². The minimum Gasteiger partial charge on any atom is -0.392 e. The van der Waals surface area contributed by atoms with Gasteiger partial charge in [-0.1, -0.05) is 66.7 Å². The van der Waals surface area contributed by atoms with E-state index in [9.17, 15) is 5.11 Å². The molecule has 0 heterocycles. The first-order chi connectivity index (χ1) is 9.81. The van der Waals surface area contributed by atoms with E-state index in [1.807, 2.05) is 36.4 Å². The Morgan fingerprint density at radius 1 is 1.00 bits per heavy atom.